The summed E-state index contributed by atoms with van der Waals surface area (Å²) in [5, 5.41) is 14.7. The summed E-state index contributed by atoms with van der Waals surface area (Å²) in [6, 6.07) is 3.89. The van der Waals surface area contributed by atoms with E-state index < -0.39 is 0 Å². The Kier molecular flexibility index (Phi) is 6.92. The lowest BCUT2D eigenvalue weighted by molar-refractivity contribution is 0.201. The van der Waals surface area contributed by atoms with Gasteiger partial charge in [-0.2, -0.15) is 0 Å². The zero-order chi connectivity index (χ0) is 16.7. The number of nitrogens with one attached hydrogen (secondary N) is 2. The van der Waals surface area contributed by atoms with Crippen LogP contribution in [-0.4, -0.2) is 48.8 Å². The highest BCUT2D eigenvalue weighted by Crippen LogP contribution is 2.26. The van der Waals surface area contributed by atoms with Gasteiger partial charge in [-0.1, -0.05) is 6.92 Å². The molecule has 130 valence electrons. The molecule has 0 spiro atoms. The SMILES string of the molecule is Cc1ccc(C(CNC(=O)NCC(C)CCO)N2CCCC2)o1. The fourth-order valence-corrected chi connectivity index (χ4v) is 2.94. The van der Waals surface area contributed by atoms with Gasteiger partial charge in [-0.05, 0) is 57.3 Å². The van der Waals surface area contributed by atoms with E-state index in [1.54, 1.807) is 0 Å². The van der Waals surface area contributed by atoms with Crippen molar-refractivity contribution in [2.45, 2.75) is 39.2 Å². The molecule has 0 aliphatic carbocycles. The predicted octanol–water partition coefficient (Wildman–Crippen LogP) is 2.04. The third kappa shape index (κ3) is 5.55. The number of hydrogen-bond donors (Lipinski definition) is 3. The lowest BCUT2D eigenvalue weighted by atomic mass is 10.1. The first-order valence-electron chi connectivity index (χ1n) is 8.53. The van der Waals surface area contributed by atoms with Crippen molar-refractivity contribution in [3.8, 4) is 0 Å². The Balaban J connectivity index is 1.84. The summed E-state index contributed by atoms with van der Waals surface area (Å²) >= 11 is 0. The van der Waals surface area contributed by atoms with Crippen LogP contribution in [0.2, 0.25) is 0 Å². The van der Waals surface area contributed by atoms with Gasteiger partial charge in [-0.3, -0.25) is 4.90 Å². The smallest absolute Gasteiger partial charge is 0.314 e. The molecule has 0 saturated carbocycles. The summed E-state index contributed by atoms with van der Waals surface area (Å²) in [5.41, 5.74) is 0. The van der Waals surface area contributed by atoms with Crippen molar-refractivity contribution in [3.05, 3.63) is 23.7 Å². The molecule has 0 bridgehead atoms. The number of nitrogens with zero attached hydrogens (tertiary/aromatic N) is 1. The maximum absolute atomic E-state index is 12.0. The molecule has 2 rings (SSSR count). The van der Waals surface area contributed by atoms with Crippen LogP contribution >= 0.6 is 0 Å². The number of aliphatic hydroxyl groups is 1. The second-order valence-electron chi connectivity index (χ2n) is 6.42. The van der Waals surface area contributed by atoms with Crippen LogP contribution in [0.5, 0.6) is 0 Å². The number of aryl methyl sites for hydroxylation is 1. The molecule has 0 aromatic carbocycles. The monoisotopic (exact) mass is 323 g/mol. The zero-order valence-corrected chi connectivity index (χ0v) is 14.2. The molecule has 1 aromatic rings. The van der Waals surface area contributed by atoms with Crippen LogP contribution in [-0.2, 0) is 0 Å². The summed E-state index contributed by atoms with van der Waals surface area (Å²) in [7, 11) is 0. The number of hydrogen-bond acceptors (Lipinski definition) is 4. The molecule has 2 amide bonds. The highest BCUT2D eigenvalue weighted by Gasteiger charge is 2.26. The average Bonchev–Trinajstić information content (AvgIpc) is 3.18. The Hall–Kier alpha value is -1.53. The van der Waals surface area contributed by atoms with E-state index in [0.717, 1.165) is 24.6 Å². The van der Waals surface area contributed by atoms with Gasteiger partial charge in [0.15, 0.2) is 0 Å². The highest BCUT2D eigenvalue weighted by molar-refractivity contribution is 5.73. The van der Waals surface area contributed by atoms with Crippen LogP contribution in [0.4, 0.5) is 4.79 Å². The van der Waals surface area contributed by atoms with Crippen LogP contribution in [0.1, 0.15) is 43.7 Å². The Morgan fingerprint density at radius 3 is 2.61 bits per heavy atom. The Morgan fingerprint density at radius 1 is 1.30 bits per heavy atom. The first-order valence-corrected chi connectivity index (χ1v) is 8.53. The molecule has 23 heavy (non-hydrogen) atoms. The second kappa shape index (κ2) is 8.93. The van der Waals surface area contributed by atoms with Crippen molar-refractivity contribution in [1.82, 2.24) is 15.5 Å². The van der Waals surface area contributed by atoms with E-state index in [1.807, 2.05) is 26.0 Å². The lowest BCUT2D eigenvalue weighted by Gasteiger charge is -2.26. The number of aliphatic hydroxyl groups excluding tert-OH is 1. The van der Waals surface area contributed by atoms with Crippen molar-refractivity contribution < 1.29 is 14.3 Å². The number of carbonyl (C=O) groups is 1. The molecule has 1 aromatic heterocycles. The quantitative estimate of drug-likeness (QED) is 0.684. The lowest BCUT2D eigenvalue weighted by Crippen LogP contribution is -2.42. The zero-order valence-electron chi connectivity index (χ0n) is 14.2. The van der Waals surface area contributed by atoms with Gasteiger partial charge in [-0.25, -0.2) is 4.79 Å². The number of urea groups is 1. The summed E-state index contributed by atoms with van der Waals surface area (Å²) in [4.78, 5) is 14.3. The predicted molar refractivity (Wildman–Crippen MR) is 89.3 cm³/mol. The van der Waals surface area contributed by atoms with Gasteiger partial charge < -0.3 is 20.2 Å². The number of amides is 2. The van der Waals surface area contributed by atoms with Gasteiger partial charge in [0.25, 0.3) is 0 Å². The number of furan rings is 1. The molecule has 1 saturated heterocycles. The van der Waals surface area contributed by atoms with Crippen molar-refractivity contribution in [2.75, 3.05) is 32.8 Å². The third-order valence-corrected chi connectivity index (χ3v) is 4.36. The van der Waals surface area contributed by atoms with Crippen molar-refractivity contribution in [1.29, 1.82) is 0 Å². The molecule has 1 fully saturated rings. The molecule has 2 unspecified atom stereocenters. The normalized spacial score (nSPS) is 17.9. The first-order chi connectivity index (χ1) is 11.1. The highest BCUT2D eigenvalue weighted by atomic mass is 16.3. The Morgan fingerprint density at radius 2 is 2.00 bits per heavy atom. The summed E-state index contributed by atoms with van der Waals surface area (Å²) in [6.07, 6.45) is 3.09. The number of likely N-dealkylation sites (tertiary alicyclic amines) is 1. The van der Waals surface area contributed by atoms with E-state index >= 15 is 0 Å². The van der Waals surface area contributed by atoms with Gasteiger partial charge in [0, 0.05) is 19.7 Å². The van der Waals surface area contributed by atoms with Crippen LogP contribution in [0.25, 0.3) is 0 Å². The van der Waals surface area contributed by atoms with E-state index in [4.69, 9.17) is 9.52 Å². The summed E-state index contributed by atoms with van der Waals surface area (Å²) < 4.78 is 5.78. The Bertz CT molecular complexity index is 483. The molecule has 2 atom stereocenters. The average molecular weight is 323 g/mol. The fraction of sp³-hybridized carbons (Fsp3) is 0.706. The molecular formula is C17H29N3O3. The molecule has 1 aliphatic rings. The number of rotatable bonds is 8. The Labute approximate surface area is 138 Å². The van der Waals surface area contributed by atoms with Crippen molar-refractivity contribution in [3.63, 3.8) is 0 Å². The van der Waals surface area contributed by atoms with Crippen LogP contribution in [0.3, 0.4) is 0 Å². The standard InChI is InChI=1S/C17H29N3O3/c1-13(7-10-21)11-18-17(22)19-12-15(20-8-3-4-9-20)16-6-5-14(2)23-16/h5-6,13,15,21H,3-4,7-12H2,1-2H3,(H2,18,19,22). The number of carbonyl (C=O) groups excluding carboxylic acids is 1. The minimum absolute atomic E-state index is 0.0896. The molecule has 6 nitrogen and oxygen atoms in total. The molecule has 6 heteroatoms. The van der Waals surface area contributed by atoms with Crippen LogP contribution < -0.4 is 10.6 Å². The van der Waals surface area contributed by atoms with Crippen LogP contribution in [0, 0.1) is 12.8 Å². The molecule has 1 aliphatic heterocycles. The molecular weight excluding hydrogens is 294 g/mol. The molecule has 2 heterocycles. The summed E-state index contributed by atoms with van der Waals surface area (Å²) in [5.74, 6) is 2.08. The first kappa shape index (κ1) is 17.8. The fourth-order valence-electron chi connectivity index (χ4n) is 2.94. The minimum Gasteiger partial charge on any atom is -0.465 e. The maximum Gasteiger partial charge on any atom is 0.314 e. The third-order valence-electron chi connectivity index (χ3n) is 4.36. The minimum atomic E-state index is -0.165. The van der Waals surface area contributed by atoms with Crippen LogP contribution in [0.15, 0.2) is 16.5 Å². The van der Waals surface area contributed by atoms with Crippen molar-refractivity contribution in [2.24, 2.45) is 5.92 Å². The van der Waals surface area contributed by atoms with E-state index in [-0.39, 0.29) is 24.6 Å². The maximum atomic E-state index is 12.0. The van der Waals surface area contributed by atoms with E-state index in [1.165, 1.54) is 12.8 Å². The topological polar surface area (TPSA) is 77.7 Å². The van der Waals surface area contributed by atoms with Gasteiger partial charge in [-0.15, -0.1) is 0 Å². The molecule has 3 N–H and O–H groups in total. The van der Waals surface area contributed by atoms with Gasteiger partial charge in [0.2, 0.25) is 0 Å². The largest absolute Gasteiger partial charge is 0.465 e. The second-order valence-corrected chi connectivity index (χ2v) is 6.42. The van der Waals surface area contributed by atoms with Gasteiger partial charge in [0.1, 0.15) is 11.5 Å². The van der Waals surface area contributed by atoms with E-state index in [9.17, 15) is 4.79 Å². The van der Waals surface area contributed by atoms with Crippen molar-refractivity contribution >= 4 is 6.03 Å². The van der Waals surface area contributed by atoms with E-state index in [2.05, 4.69) is 15.5 Å². The van der Waals surface area contributed by atoms with Gasteiger partial charge >= 0.3 is 6.03 Å². The van der Waals surface area contributed by atoms with E-state index in [0.29, 0.717) is 19.5 Å². The molecule has 0 radical (unpaired) electrons. The van der Waals surface area contributed by atoms with Gasteiger partial charge in [0.05, 0.1) is 6.04 Å². The summed E-state index contributed by atoms with van der Waals surface area (Å²) in [6.45, 7) is 7.29.